The smallest absolute Gasteiger partial charge is 0.408 e. The molecular weight excluding hydrogens is 613 g/mol. The SMILES string of the molecule is CCOC(=O)CC(NC(=O)C(CCCCN)NC(=O)OCc1ccccc1)C(=O)Cn1nnc(Cc2c(Cl)cccc2Cl)n1. The van der Waals surface area contributed by atoms with Gasteiger partial charge in [0.15, 0.2) is 11.6 Å². The average molecular weight is 649 g/mol. The first kappa shape index (κ1) is 34.4. The summed E-state index contributed by atoms with van der Waals surface area (Å²) in [6.45, 7) is 1.70. The summed E-state index contributed by atoms with van der Waals surface area (Å²) in [5.74, 6) is -1.70. The summed E-state index contributed by atoms with van der Waals surface area (Å²) < 4.78 is 10.3. The molecule has 1 heterocycles. The molecule has 0 aliphatic carbocycles. The van der Waals surface area contributed by atoms with E-state index in [4.69, 9.17) is 38.4 Å². The van der Waals surface area contributed by atoms with E-state index in [1.165, 1.54) is 0 Å². The predicted octanol–water partition coefficient (Wildman–Crippen LogP) is 3.00. The summed E-state index contributed by atoms with van der Waals surface area (Å²) in [4.78, 5) is 52.6. The number of halogens is 2. The van der Waals surface area contributed by atoms with Crippen LogP contribution in [0.15, 0.2) is 48.5 Å². The number of unbranched alkanes of at least 4 members (excludes halogenated alkanes) is 1. The van der Waals surface area contributed by atoms with E-state index in [0.717, 1.165) is 10.4 Å². The van der Waals surface area contributed by atoms with Gasteiger partial charge in [0.25, 0.3) is 0 Å². The molecular formula is C29H35Cl2N7O6. The summed E-state index contributed by atoms with van der Waals surface area (Å²) in [5.41, 5.74) is 6.97. The number of ether oxygens (including phenoxy) is 2. The Hall–Kier alpha value is -4.07. The fourth-order valence-electron chi connectivity index (χ4n) is 4.10. The third kappa shape index (κ3) is 11.2. The van der Waals surface area contributed by atoms with Gasteiger partial charge in [0.1, 0.15) is 25.2 Å². The van der Waals surface area contributed by atoms with Crippen molar-refractivity contribution in [3.63, 3.8) is 0 Å². The quantitative estimate of drug-likeness (QED) is 0.145. The maximum atomic E-state index is 13.3. The Morgan fingerprint density at radius 3 is 2.36 bits per heavy atom. The number of carbonyl (C=O) groups is 4. The van der Waals surface area contributed by atoms with Gasteiger partial charge in [-0.05, 0) is 61.2 Å². The highest BCUT2D eigenvalue weighted by molar-refractivity contribution is 6.36. The number of hydrogen-bond acceptors (Lipinski definition) is 10. The fraction of sp³-hybridized carbons (Fsp3) is 0.414. The molecule has 2 atom stereocenters. The van der Waals surface area contributed by atoms with Gasteiger partial charge in [-0.3, -0.25) is 14.4 Å². The number of rotatable bonds is 17. The number of Topliss-reactive ketones (excluding diaryl/α,β-unsaturated/α-hetero) is 1. The Bertz CT molecular complexity index is 1390. The van der Waals surface area contributed by atoms with Gasteiger partial charge in [-0.1, -0.05) is 59.6 Å². The number of aromatic nitrogens is 4. The van der Waals surface area contributed by atoms with E-state index in [0.29, 0.717) is 35.0 Å². The van der Waals surface area contributed by atoms with Gasteiger partial charge in [-0.2, -0.15) is 4.80 Å². The second-order valence-electron chi connectivity index (χ2n) is 9.69. The van der Waals surface area contributed by atoms with E-state index in [1.807, 2.05) is 18.2 Å². The molecule has 236 valence electrons. The molecule has 0 fully saturated rings. The number of hydrogen-bond donors (Lipinski definition) is 3. The molecule has 3 aromatic rings. The molecule has 0 spiro atoms. The van der Waals surface area contributed by atoms with Crippen LogP contribution >= 0.6 is 23.2 Å². The van der Waals surface area contributed by atoms with Gasteiger partial charge in [-0.25, -0.2) is 4.79 Å². The molecule has 2 aromatic carbocycles. The zero-order valence-corrected chi connectivity index (χ0v) is 25.7. The van der Waals surface area contributed by atoms with Crippen molar-refractivity contribution in [3.05, 3.63) is 75.5 Å². The molecule has 2 amide bonds. The Morgan fingerprint density at radius 2 is 1.68 bits per heavy atom. The van der Waals surface area contributed by atoms with Crippen LogP contribution in [-0.2, 0) is 43.4 Å². The van der Waals surface area contributed by atoms with Gasteiger partial charge in [0.05, 0.1) is 13.0 Å². The van der Waals surface area contributed by atoms with Crippen molar-refractivity contribution < 1.29 is 28.7 Å². The minimum atomic E-state index is -1.30. The third-order valence-corrected chi connectivity index (χ3v) is 7.05. The molecule has 15 heteroatoms. The Morgan fingerprint density at radius 1 is 0.955 bits per heavy atom. The normalized spacial score (nSPS) is 12.2. The van der Waals surface area contributed by atoms with Gasteiger partial charge in [0.2, 0.25) is 5.91 Å². The van der Waals surface area contributed by atoms with Gasteiger partial charge < -0.3 is 25.8 Å². The van der Waals surface area contributed by atoms with Crippen LogP contribution in [0, 0.1) is 0 Å². The van der Waals surface area contributed by atoms with Gasteiger partial charge >= 0.3 is 12.1 Å². The monoisotopic (exact) mass is 647 g/mol. The number of esters is 1. The van der Waals surface area contributed by atoms with Crippen LogP contribution in [-0.4, -0.2) is 69.2 Å². The standard InChI is InChI=1S/C29H35Cl2N7O6/c1-2-43-27(40)16-24(25(39)17-38-36-26(35-37-38)15-20-21(30)11-8-12-22(20)31)33-28(41)23(13-6-7-14-32)34-29(42)44-18-19-9-4-3-5-10-19/h3-5,8-12,23-24H,2,6-7,13-18,32H2,1H3,(H,33,41)(H,34,42). The van der Waals surface area contributed by atoms with Crippen molar-refractivity contribution in [2.24, 2.45) is 5.73 Å². The van der Waals surface area contributed by atoms with Crippen molar-refractivity contribution in [1.29, 1.82) is 0 Å². The number of tetrazole rings is 1. The van der Waals surface area contributed by atoms with Crippen molar-refractivity contribution in [1.82, 2.24) is 30.8 Å². The highest BCUT2D eigenvalue weighted by atomic mass is 35.5. The maximum Gasteiger partial charge on any atom is 0.408 e. The number of alkyl carbamates (subject to hydrolysis) is 1. The van der Waals surface area contributed by atoms with Crippen LogP contribution in [0.1, 0.15) is 49.6 Å². The van der Waals surface area contributed by atoms with Crippen molar-refractivity contribution >= 4 is 47.0 Å². The topological polar surface area (TPSA) is 180 Å². The van der Waals surface area contributed by atoms with E-state index in [2.05, 4.69) is 26.0 Å². The Labute approximate surface area is 264 Å². The number of carbonyl (C=O) groups excluding carboxylic acids is 4. The third-order valence-electron chi connectivity index (χ3n) is 6.34. The Kier molecular flexibility index (Phi) is 14.0. The molecule has 13 nitrogen and oxygen atoms in total. The lowest BCUT2D eigenvalue weighted by Gasteiger charge is -2.22. The molecule has 44 heavy (non-hydrogen) atoms. The number of nitrogens with one attached hydrogen (secondary N) is 2. The van der Waals surface area contributed by atoms with Crippen molar-refractivity contribution in [2.45, 2.75) is 64.3 Å². The van der Waals surface area contributed by atoms with Crippen LogP contribution in [0.4, 0.5) is 4.79 Å². The highest BCUT2D eigenvalue weighted by Crippen LogP contribution is 2.25. The lowest BCUT2D eigenvalue weighted by atomic mass is 10.1. The number of nitrogens with zero attached hydrogens (tertiary/aromatic N) is 4. The van der Waals surface area contributed by atoms with Crippen LogP contribution in [0.25, 0.3) is 0 Å². The summed E-state index contributed by atoms with van der Waals surface area (Å²) in [6.07, 6.45) is 0.270. The fourth-order valence-corrected chi connectivity index (χ4v) is 4.63. The van der Waals surface area contributed by atoms with Crippen molar-refractivity contribution in [3.8, 4) is 0 Å². The van der Waals surface area contributed by atoms with Crippen LogP contribution < -0.4 is 16.4 Å². The van der Waals surface area contributed by atoms with Crippen molar-refractivity contribution in [2.75, 3.05) is 13.2 Å². The van der Waals surface area contributed by atoms with E-state index in [-0.39, 0.29) is 31.9 Å². The number of amides is 2. The largest absolute Gasteiger partial charge is 0.466 e. The zero-order chi connectivity index (χ0) is 31.9. The summed E-state index contributed by atoms with van der Waals surface area (Å²) in [7, 11) is 0. The van der Waals surface area contributed by atoms with E-state index >= 15 is 0 Å². The van der Waals surface area contributed by atoms with Crippen LogP contribution in [0.2, 0.25) is 10.0 Å². The first-order valence-corrected chi connectivity index (χ1v) is 14.8. The average Bonchev–Trinajstić information content (AvgIpc) is 3.44. The summed E-state index contributed by atoms with van der Waals surface area (Å²) in [5, 5.41) is 18.1. The number of nitrogens with two attached hydrogens (primary N) is 1. The molecule has 0 saturated heterocycles. The lowest BCUT2D eigenvalue weighted by molar-refractivity contribution is -0.145. The summed E-state index contributed by atoms with van der Waals surface area (Å²) >= 11 is 12.5. The molecule has 1 aromatic heterocycles. The maximum absolute atomic E-state index is 13.3. The van der Waals surface area contributed by atoms with Crippen LogP contribution in [0.5, 0.6) is 0 Å². The molecule has 3 rings (SSSR count). The molecule has 0 radical (unpaired) electrons. The van der Waals surface area contributed by atoms with E-state index in [1.54, 1.807) is 37.3 Å². The highest BCUT2D eigenvalue weighted by Gasteiger charge is 2.29. The van der Waals surface area contributed by atoms with Crippen LogP contribution in [0.3, 0.4) is 0 Å². The number of benzene rings is 2. The second kappa shape index (κ2) is 17.9. The van der Waals surface area contributed by atoms with E-state index in [9.17, 15) is 19.2 Å². The van der Waals surface area contributed by atoms with Gasteiger partial charge in [0, 0.05) is 16.5 Å². The second-order valence-corrected chi connectivity index (χ2v) is 10.5. The zero-order valence-electron chi connectivity index (χ0n) is 24.2. The molecule has 4 N–H and O–H groups in total. The molecule has 2 unspecified atom stereocenters. The molecule has 0 saturated carbocycles. The molecule has 0 aliphatic rings. The Balaban J connectivity index is 1.69. The number of ketones is 1. The molecule has 0 bridgehead atoms. The molecule has 0 aliphatic heterocycles. The first-order chi connectivity index (χ1) is 21.2. The lowest BCUT2D eigenvalue weighted by Crippen LogP contribution is -2.52. The van der Waals surface area contributed by atoms with E-state index < -0.39 is 48.8 Å². The minimum Gasteiger partial charge on any atom is -0.466 e. The first-order valence-electron chi connectivity index (χ1n) is 14.1. The predicted molar refractivity (Wildman–Crippen MR) is 162 cm³/mol. The summed E-state index contributed by atoms with van der Waals surface area (Å²) in [6, 6.07) is 11.8. The minimum absolute atomic E-state index is 0.00333. The van der Waals surface area contributed by atoms with Gasteiger partial charge in [-0.15, -0.1) is 10.2 Å².